The molecule has 0 unspecified atom stereocenters. The normalized spacial score (nSPS) is 10.3. The second-order valence-electron chi connectivity index (χ2n) is 5.06. The first-order valence-electron chi connectivity index (χ1n) is 7.04. The van der Waals surface area contributed by atoms with Gasteiger partial charge in [-0.15, -0.1) is 0 Å². The van der Waals surface area contributed by atoms with Crippen LogP contribution in [0.3, 0.4) is 0 Å². The molecular weight excluding hydrogens is 410 g/mol. The van der Waals surface area contributed by atoms with Crippen molar-refractivity contribution in [2.45, 2.75) is 13.0 Å². The Balaban J connectivity index is 2.22. The van der Waals surface area contributed by atoms with E-state index in [1.807, 2.05) is 52.9 Å². The maximum Gasteiger partial charge on any atom is 0.254 e. The van der Waals surface area contributed by atoms with E-state index >= 15 is 0 Å². The quantitative estimate of drug-likeness (QED) is 0.723. The minimum Gasteiger partial charge on any atom is -0.370 e. The van der Waals surface area contributed by atoms with Gasteiger partial charge >= 0.3 is 0 Å². The number of amides is 2. The third-order valence-electron chi connectivity index (χ3n) is 3.30. The van der Waals surface area contributed by atoms with Gasteiger partial charge in [0.15, 0.2) is 0 Å². The molecule has 2 aromatic carbocycles. The number of nitrogens with zero attached hydrogens (tertiary/aromatic N) is 1. The summed E-state index contributed by atoms with van der Waals surface area (Å²) in [6.07, 6.45) is 0.0609. The molecule has 0 saturated carbocycles. The monoisotopic (exact) mass is 426 g/mol. The smallest absolute Gasteiger partial charge is 0.254 e. The predicted octanol–water partition coefficient (Wildman–Crippen LogP) is 2.95. The highest BCUT2D eigenvalue weighted by molar-refractivity contribution is 14.1. The van der Waals surface area contributed by atoms with E-state index in [0.29, 0.717) is 10.1 Å². The van der Waals surface area contributed by atoms with Crippen LogP contribution in [0.2, 0.25) is 0 Å². The summed E-state index contributed by atoms with van der Waals surface area (Å²) in [6.45, 7) is 0.525. The van der Waals surface area contributed by atoms with E-state index in [1.54, 1.807) is 12.1 Å². The summed E-state index contributed by atoms with van der Waals surface area (Å²) in [5.41, 5.74) is 6.36. The van der Waals surface area contributed by atoms with E-state index in [-0.39, 0.29) is 24.4 Å². The summed E-state index contributed by atoms with van der Waals surface area (Å²) >= 11 is 1.86. The lowest BCUT2D eigenvalue weighted by atomic mass is 10.1. The summed E-state index contributed by atoms with van der Waals surface area (Å²) < 4.78 is 14.1. The lowest BCUT2D eigenvalue weighted by molar-refractivity contribution is -0.118. The molecular formula is C17H16FIN2O2. The number of benzene rings is 2. The van der Waals surface area contributed by atoms with Crippen molar-refractivity contribution in [2.24, 2.45) is 5.73 Å². The molecule has 0 radical (unpaired) electrons. The molecule has 23 heavy (non-hydrogen) atoms. The van der Waals surface area contributed by atoms with E-state index in [0.717, 1.165) is 5.56 Å². The molecule has 2 amide bonds. The third kappa shape index (κ3) is 5.02. The summed E-state index contributed by atoms with van der Waals surface area (Å²) in [5, 5.41) is 0. The molecule has 0 atom stereocenters. The average Bonchev–Trinajstić information content (AvgIpc) is 2.54. The van der Waals surface area contributed by atoms with Gasteiger partial charge in [-0.3, -0.25) is 9.59 Å². The summed E-state index contributed by atoms with van der Waals surface area (Å²) in [5.74, 6) is -1.25. The van der Waals surface area contributed by atoms with E-state index in [1.165, 1.54) is 11.0 Å². The van der Waals surface area contributed by atoms with Crippen LogP contribution in [0.1, 0.15) is 22.3 Å². The first-order chi connectivity index (χ1) is 11.0. The van der Waals surface area contributed by atoms with Crippen LogP contribution < -0.4 is 5.73 Å². The highest BCUT2D eigenvalue weighted by atomic mass is 127. The number of hydrogen-bond donors (Lipinski definition) is 1. The van der Waals surface area contributed by atoms with Gasteiger partial charge in [0.2, 0.25) is 5.91 Å². The van der Waals surface area contributed by atoms with Gasteiger partial charge in [0.25, 0.3) is 5.91 Å². The zero-order valence-electron chi connectivity index (χ0n) is 12.3. The lowest BCUT2D eigenvalue weighted by Crippen LogP contribution is -2.33. The first kappa shape index (κ1) is 17.4. The Labute approximate surface area is 147 Å². The largest absolute Gasteiger partial charge is 0.370 e. The molecule has 2 N–H and O–H groups in total. The average molecular weight is 426 g/mol. The second kappa shape index (κ2) is 8.05. The van der Waals surface area contributed by atoms with Gasteiger partial charge in [-0.1, -0.05) is 30.3 Å². The molecule has 0 aliphatic rings. The fourth-order valence-electron chi connectivity index (χ4n) is 2.11. The van der Waals surface area contributed by atoms with Crippen molar-refractivity contribution < 1.29 is 14.0 Å². The van der Waals surface area contributed by atoms with Crippen molar-refractivity contribution in [3.8, 4) is 0 Å². The fourth-order valence-corrected chi connectivity index (χ4v) is 2.45. The molecule has 0 aliphatic heterocycles. The Morgan fingerprint density at radius 2 is 1.83 bits per heavy atom. The van der Waals surface area contributed by atoms with Crippen molar-refractivity contribution in [3.63, 3.8) is 0 Å². The van der Waals surface area contributed by atoms with Crippen molar-refractivity contribution in [2.75, 3.05) is 6.54 Å². The van der Waals surface area contributed by atoms with Gasteiger partial charge in [-0.2, -0.15) is 0 Å². The molecule has 2 rings (SSSR count). The number of nitrogens with two attached hydrogens (primary N) is 1. The zero-order chi connectivity index (χ0) is 16.8. The Hall–Kier alpha value is -1.96. The predicted molar refractivity (Wildman–Crippen MR) is 94.1 cm³/mol. The highest BCUT2D eigenvalue weighted by Crippen LogP contribution is 2.16. The van der Waals surface area contributed by atoms with Crippen LogP contribution in [0.15, 0.2) is 48.5 Å². The van der Waals surface area contributed by atoms with Gasteiger partial charge in [0.05, 0.1) is 0 Å². The van der Waals surface area contributed by atoms with Crippen molar-refractivity contribution in [1.82, 2.24) is 4.90 Å². The van der Waals surface area contributed by atoms with Crippen LogP contribution >= 0.6 is 22.6 Å². The van der Waals surface area contributed by atoms with Crippen LogP contribution in [-0.2, 0) is 11.3 Å². The summed E-state index contributed by atoms with van der Waals surface area (Å²) in [7, 11) is 0. The van der Waals surface area contributed by atoms with Crippen molar-refractivity contribution in [3.05, 3.63) is 69.0 Å². The van der Waals surface area contributed by atoms with Gasteiger partial charge in [0.1, 0.15) is 5.82 Å². The number of rotatable bonds is 6. The third-order valence-corrected chi connectivity index (χ3v) is 4.17. The molecule has 6 heteroatoms. The van der Waals surface area contributed by atoms with Gasteiger partial charge < -0.3 is 10.6 Å². The van der Waals surface area contributed by atoms with E-state index < -0.39 is 11.7 Å². The number of carbonyl (C=O) groups excluding carboxylic acids is 2. The molecule has 0 saturated heterocycles. The maximum atomic E-state index is 13.7. The topological polar surface area (TPSA) is 63.4 Å². The molecule has 2 aromatic rings. The molecule has 4 nitrogen and oxygen atoms in total. The molecule has 0 bridgehead atoms. The minimum absolute atomic E-state index is 0.0609. The standard InChI is InChI=1S/C17H16FIN2O2/c18-14-10-13(6-7-15(14)19)17(23)21(9-8-16(20)22)11-12-4-2-1-3-5-12/h1-7,10H,8-9,11H2,(H2,20,22). The Morgan fingerprint density at radius 3 is 2.43 bits per heavy atom. The lowest BCUT2D eigenvalue weighted by Gasteiger charge is -2.22. The summed E-state index contributed by atoms with van der Waals surface area (Å²) in [6, 6.07) is 13.7. The fraction of sp³-hybridized carbons (Fsp3) is 0.176. The van der Waals surface area contributed by atoms with Crippen LogP contribution in [0.25, 0.3) is 0 Å². The van der Waals surface area contributed by atoms with E-state index in [9.17, 15) is 14.0 Å². The van der Waals surface area contributed by atoms with Crippen LogP contribution in [-0.4, -0.2) is 23.3 Å². The highest BCUT2D eigenvalue weighted by Gasteiger charge is 2.18. The van der Waals surface area contributed by atoms with Crippen LogP contribution in [0.4, 0.5) is 4.39 Å². The second-order valence-corrected chi connectivity index (χ2v) is 6.22. The Morgan fingerprint density at radius 1 is 1.13 bits per heavy atom. The van der Waals surface area contributed by atoms with Crippen LogP contribution in [0, 0.1) is 9.39 Å². The van der Waals surface area contributed by atoms with E-state index in [2.05, 4.69) is 0 Å². The summed E-state index contributed by atoms with van der Waals surface area (Å²) in [4.78, 5) is 25.2. The zero-order valence-corrected chi connectivity index (χ0v) is 14.5. The van der Waals surface area contributed by atoms with Crippen molar-refractivity contribution in [1.29, 1.82) is 0 Å². The van der Waals surface area contributed by atoms with Gasteiger partial charge in [-0.25, -0.2) is 4.39 Å². The maximum absolute atomic E-state index is 13.7. The van der Waals surface area contributed by atoms with Crippen LogP contribution in [0.5, 0.6) is 0 Å². The van der Waals surface area contributed by atoms with Gasteiger partial charge in [0, 0.05) is 28.6 Å². The minimum atomic E-state index is -0.482. The Bertz CT molecular complexity index is 707. The van der Waals surface area contributed by atoms with Gasteiger partial charge in [-0.05, 0) is 46.4 Å². The molecule has 0 aromatic heterocycles. The molecule has 0 aliphatic carbocycles. The Kier molecular flexibility index (Phi) is 6.09. The molecule has 0 heterocycles. The number of hydrogen-bond acceptors (Lipinski definition) is 2. The molecule has 120 valence electrons. The number of primary amides is 1. The van der Waals surface area contributed by atoms with E-state index in [4.69, 9.17) is 5.73 Å². The molecule has 0 spiro atoms. The SMILES string of the molecule is NC(=O)CCN(Cc1ccccc1)C(=O)c1ccc(I)c(F)c1. The number of halogens is 2. The first-order valence-corrected chi connectivity index (χ1v) is 8.12. The number of carbonyl (C=O) groups is 2. The molecule has 0 fully saturated rings. The van der Waals surface area contributed by atoms with Crippen molar-refractivity contribution >= 4 is 34.4 Å².